The first kappa shape index (κ1) is 13.9. The number of aryl methyl sites for hydroxylation is 2. The van der Waals surface area contributed by atoms with Crippen molar-refractivity contribution >= 4 is 0 Å². The van der Waals surface area contributed by atoms with Crippen molar-refractivity contribution in [3.63, 3.8) is 0 Å². The maximum atomic E-state index is 3.03. The third-order valence-corrected chi connectivity index (χ3v) is 1.73. The molecule has 0 unspecified atom stereocenters. The molecular formula is C14H14Ni. The summed E-state index contributed by atoms with van der Waals surface area (Å²) >= 11 is 0. The molecule has 0 saturated heterocycles. The molecule has 0 aliphatic rings. The largest absolute Gasteiger partial charge is 2.00 e. The molecule has 0 atom stereocenters. The van der Waals surface area contributed by atoms with E-state index in [0.717, 1.165) is 0 Å². The predicted octanol–water partition coefficient (Wildman–Crippen LogP) is 3.59. The summed E-state index contributed by atoms with van der Waals surface area (Å²) in [6, 6.07) is 21.9. The Kier molecular flexibility index (Phi) is 7.67. The first-order valence-corrected chi connectivity index (χ1v) is 4.65. The van der Waals surface area contributed by atoms with Crippen LogP contribution in [-0.4, -0.2) is 0 Å². The van der Waals surface area contributed by atoms with Crippen LogP contribution in [0.1, 0.15) is 11.1 Å². The summed E-state index contributed by atoms with van der Waals surface area (Å²) in [5.74, 6) is 0. The Labute approximate surface area is 102 Å². The predicted molar refractivity (Wildman–Crippen MR) is 60.0 cm³/mol. The monoisotopic (exact) mass is 240 g/mol. The summed E-state index contributed by atoms with van der Waals surface area (Å²) < 4.78 is 0. The third-order valence-electron chi connectivity index (χ3n) is 1.73. The van der Waals surface area contributed by atoms with Gasteiger partial charge in [-0.25, -0.2) is 0 Å². The zero-order chi connectivity index (χ0) is 10.2. The molecule has 0 saturated carbocycles. The fourth-order valence-electron chi connectivity index (χ4n) is 0.966. The smallest absolute Gasteiger partial charge is 0.181 e. The molecule has 1 heteroatoms. The van der Waals surface area contributed by atoms with Gasteiger partial charge in [-0.2, -0.15) is 71.8 Å². The Hall–Kier alpha value is -1.07. The molecule has 0 N–H and O–H groups in total. The fourth-order valence-corrected chi connectivity index (χ4v) is 0.966. The van der Waals surface area contributed by atoms with Crippen LogP contribution in [0.5, 0.6) is 0 Å². The average Bonchev–Trinajstić information content (AvgIpc) is 2.21. The molecule has 0 radical (unpaired) electrons. The number of hydrogen-bond acceptors (Lipinski definition) is 0. The van der Waals surface area contributed by atoms with Crippen molar-refractivity contribution in [3.05, 3.63) is 71.8 Å². The zero-order valence-corrected chi connectivity index (χ0v) is 9.92. The van der Waals surface area contributed by atoms with Crippen LogP contribution in [0.15, 0.2) is 48.5 Å². The van der Waals surface area contributed by atoms with E-state index < -0.39 is 0 Å². The summed E-state index contributed by atoms with van der Waals surface area (Å²) in [4.78, 5) is 0. The summed E-state index contributed by atoms with van der Waals surface area (Å²) in [6.07, 6.45) is 0. The molecule has 0 nitrogen and oxygen atoms in total. The second kappa shape index (κ2) is 8.26. The van der Waals surface area contributed by atoms with Crippen molar-refractivity contribution < 1.29 is 16.5 Å². The van der Waals surface area contributed by atoms with E-state index in [1.54, 1.807) is 0 Å². The molecule has 0 aliphatic heterocycles. The van der Waals surface area contributed by atoms with Crippen LogP contribution in [0.2, 0.25) is 0 Å². The molecule has 0 aromatic heterocycles. The van der Waals surface area contributed by atoms with Gasteiger partial charge in [-0.3, -0.25) is 0 Å². The van der Waals surface area contributed by atoms with Crippen LogP contribution in [-0.2, 0) is 16.5 Å². The quantitative estimate of drug-likeness (QED) is 0.488. The van der Waals surface area contributed by atoms with Gasteiger partial charge in [0.05, 0.1) is 0 Å². The van der Waals surface area contributed by atoms with Gasteiger partial charge in [-0.05, 0) is 0 Å². The Morgan fingerprint density at radius 3 is 1.27 bits per heavy atom. The topological polar surface area (TPSA) is 0 Å². The normalized spacial score (nSPS) is 8.13. The molecule has 15 heavy (non-hydrogen) atoms. The molecule has 0 amide bonds. The SMILES string of the molecule is Cc1[c-]cccc1.Cc1[c-]cccc1.[Ni+2]. The van der Waals surface area contributed by atoms with Crippen LogP contribution in [0.25, 0.3) is 0 Å². The maximum Gasteiger partial charge on any atom is 2.00 e. The van der Waals surface area contributed by atoms with E-state index in [9.17, 15) is 0 Å². The summed E-state index contributed by atoms with van der Waals surface area (Å²) in [6.45, 7) is 4.06. The minimum atomic E-state index is 0. The Morgan fingerprint density at radius 2 is 1.13 bits per heavy atom. The van der Waals surface area contributed by atoms with Crippen LogP contribution >= 0.6 is 0 Å². The standard InChI is InChI=1S/2C7H7.Ni/c2*1-7-5-3-2-4-6-7;/h2*2-5H,1H3;/q2*-1;+2. The molecule has 0 heterocycles. The van der Waals surface area contributed by atoms with Gasteiger partial charge in [0, 0.05) is 0 Å². The fraction of sp³-hybridized carbons (Fsp3) is 0.143. The molecule has 0 aliphatic carbocycles. The van der Waals surface area contributed by atoms with E-state index in [4.69, 9.17) is 0 Å². The maximum absolute atomic E-state index is 3.03. The molecule has 0 fully saturated rings. The van der Waals surface area contributed by atoms with Crippen molar-refractivity contribution in [3.8, 4) is 0 Å². The van der Waals surface area contributed by atoms with E-state index in [0.29, 0.717) is 0 Å². The van der Waals surface area contributed by atoms with Crippen molar-refractivity contribution in [1.29, 1.82) is 0 Å². The minimum Gasteiger partial charge on any atom is -0.181 e. The second-order valence-corrected chi connectivity index (χ2v) is 3.09. The molecule has 0 spiro atoms. The Morgan fingerprint density at radius 1 is 0.733 bits per heavy atom. The van der Waals surface area contributed by atoms with Gasteiger partial charge in [0.15, 0.2) is 0 Å². The van der Waals surface area contributed by atoms with E-state index in [1.165, 1.54) is 11.1 Å². The number of hydrogen-bond donors (Lipinski definition) is 0. The second-order valence-electron chi connectivity index (χ2n) is 3.09. The van der Waals surface area contributed by atoms with E-state index in [1.807, 2.05) is 62.4 Å². The van der Waals surface area contributed by atoms with Crippen molar-refractivity contribution in [2.24, 2.45) is 0 Å². The van der Waals surface area contributed by atoms with Gasteiger partial charge >= 0.3 is 16.5 Å². The van der Waals surface area contributed by atoms with Gasteiger partial charge in [0.1, 0.15) is 0 Å². The van der Waals surface area contributed by atoms with Crippen LogP contribution < -0.4 is 0 Å². The van der Waals surface area contributed by atoms with Crippen LogP contribution in [0.4, 0.5) is 0 Å². The zero-order valence-electron chi connectivity index (χ0n) is 8.94. The third kappa shape index (κ3) is 6.93. The summed E-state index contributed by atoms with van der Waals surface area (Å²) in [5, 5.41) is 0. The Bertz CT molecular complexity index is 303. The van der Waals surface area contributed by atoms with Crippen LogP contribution in [0, 0.1) is 26.0 Å². The molecular weight excluding hydrogens is 227 g/mol. The average molecular weight is 241 g/mol. The first-order chi connectivity index (χ1) is 6.79. The summed E-state index contributed by atoms with van der Waals surface area (Å²) in [7, 11) is 0. The molecule has 0 bridgehead atoms. The molecule has 2 rings (SSSR count). The van der Waals surface area contributed by atoms with Gasteiger partial charge in [0.25, 0.3) is 0 Å². The molecule has 2 aromatic carbocycles. The summed E-state index contributed by atoms with van der Waals surface area (Å²) in [5.41, 5.74) is 2.39. The van der Waals surface area contributed by atoms with Crippen molar-refractivity contribution in [2.45, 2.75) is 13.8 Å². The Balaban J connectivity index is 0.000000245. The van der Waals surface area contributed by atoms with Crippen molar-refractivity contribution in [2.75, 3.05) is 0 Å². The molecule has 80 valence electrons. The van der Waals surface area contributed by atoms with Crippen LogP contribution in [0.3, 0.4) is 0 Å². The molecule has 2 aromatic rings. The van der Waals surface area contributed by atoms with Gasteiger partial charge in [-0.1, -0.05) is 13.8 Å². The van der Waals surface area contributed by atoms with E-state index >= 15 is 0 Å². The van der Waals surface area contributed by atoms with Gasteiger partial charge in [0.2, 0.25) is 0 Å². The van der Waals surface area contributed by atoms with E-state index in [-0.39, 0.29) is 16.5 Å². The van der Waals surface area contributed by atoms with Gasteiger partial charge < -0.3 is 0 Å². The van der Waals surface area contributed by atoms with E-state index in [2.05, 4.69) is 12.1 Å². The minimum absolute atomic E-state index is 0. The first-order valence-electron chi connectivity index (χ1n) is 4.65. The number of rotatable bonds is 0. The van der Waals surface area contributed by atoms with Crippen molar-refractivity contribution in [1.82, 2.24) is 0 Å². The van der Waals surface area contributed by atoms with Gasteiger partial charge in [-0.15, -0.1) is 0 Å². The number of benzene rings is 2.